The zero-order valence-electron chi connectivity index (χ0n) is 11.6. The molecule has 0 N–H and O–H groups in total. The average Bonchev–Trinajstić information content (AvgIpc) is 2.93. The van der Waals surface area contributed by atoms with Crippen molar-refractivity contribution in [2.24, 2.45) is 11.8 Å². The molecule has 4 heteroatoms. The molecule has 1 aromatic carbocycles. The van der Waals surface area contributed by atoms with E-state index in [0.717, 1.165) is 24.2 Å². The molecule has 19 heavy (non-hydrogen) atoms. The summed E-state index contributed by atoms with van der Waals surface area (Å²) in [5.74, 6) is 1.20. The fourth-order valence-electron chi connectivity index (χ4n) is 3.41. The van der Waals surface area contributed by atoms with E-state index in [2.05, 4.69) is 0 Å². The molecule has 0 bridgehead atoms. The van der Waals surface area contributed by atoms with Gasteiger partial charge in [-0.25, -0.2) is 8.42 Å². The topological polar surface area (TPSA) is 37.4 Å². The number of hydrogen-bond donors (Lipinski definition) is 0. The summed E-state index contributed by atoms with van der Waals surface area (Å²) in [6.07, 6.45) is 3.67. The van der Waals surface area contributed by atoms with E-state index in [1.54, 1.807) is 16.4 Å². The van der Waals surface area contributed by atoms with Gasteiger partial charge in [0.1, 0.15) is 0 Å². The summed E-state index contributed by atoms with van der Waals surface area (Å²) in [6, 6.07) is 5.45. The van der Waals surface area contributed by atoms with E-state index in [9.17, 15) is 8.42 Å². The van der Waals surface area contributed by atoms with Crippen molar-refractivity contribution in [1.82, 2.24) is 4.31 Å². The standard InChI is InChI=1S/C15H21NO2S/c1-11-6-7-15(8-12(11)2)19(17,18)16-9-13-4-3-5-14(13)10-16/h6-8,13-14H,3-5,9-10H2,1-2H3. The highest BCUT2D eigenvalue weighted by atomic mass is 32.2. The SMILES string of the molecule is Cc1ccc(S(=O)(=O)N2CC3CCCC3C2)cc1C. The Hall–Kier alpha value is -0.870. The maximum Gasteiger partial charge on any atom is 0.243 e. The number of rotatable bonds is 2. The van der Waals surface area contributed by atoms with Crippen LogP contribution in [-0.2, 0) is 10.0 Å². The summed E-state index contributed by atoms with van der Waals surface area (Å²) < 4.78 is 27.0. The van der Waals surface area contributed by atoms with Crippen molar-refractivity contribution in [2.75, 3.05) is 13.1 Å². The Labute approximate surface area is 115 Å². The molecule has 0 amide bonds. The Morgan fingerprint density at radius 1 is 1.05 bits per heavy atom. The second-order valence-electron chi connectivity index (χ2n) is 6.02. The van der Waals surface area contributed by atoms with Crippen LogP contribution in [0.5, 0.6) is 0 Å². The third-order valence-corrected chi connectivity index (χ3v) is 6.64. The number of aryl methyl sites for hydroxylation is 2. The first kappa shape index (κ1) is 13.1. The van der Waals surface area contributed by atoms with E-state index in [0.29, 0.717) is 16.7 Å². The Morgan fingerprint density at radius 2 is 1.68 bits per heavy atom. The van der Waals surface area contributed by atoms with Crippen LogP contribution in [0.25, 0.3) is 0 Å². The van der Waals surface area contributed by atoms with E-state index in [-0.39, 0.29) is 0 Å². The highest BCUT2D eigenvalue weighted by Gasteiger charge is 2.41. The second kappa shape index (κ2) is 4.60. The van der Waals surface area contributed by atoms with Gasteiger partial charge in [0, 0.05) is 13.1 Å². The Morgan fingerprint density at radius 3 is 2.26 bits per heavy atom. The minimum Gasteiger partial charge on any atom is -0.207 e. The Kier molecular flexibility index (Phi) is 3.18. The molecule has 2 atom stereocenters. The van der Waals surface area contributed by atoms with E-state index >= 15 is 0 Å². The lowest BCUT2D eigenvalue weighted by Crippen LogP contribution is -2.29. The minimum atomic E-state index is -3.29. The van der Waals surface area contributed by atoms with Crippen LogP contribution >= 0.6 is 0 Å². The van der Waals surface area contributed by atoms with Gasteiger partial charge < -0.3 is 0 Å². The van der Waals surface area contributed by atoms with Crippen LogP contribution in [0, 0.1) is 25.7 Å². The zero-order chi connectivity index (χ0) is 13.6. The van der Waals surface area contributed by atoms with Crippen LogP contribution in [0.1, 0.15) is 30.4 Å². The molecular weight excluding hydrogens is 258 g/mol. The second-order valence-corrected chi connectivity index (χ2v) is 7.96. The van der Waals surface area contributed by atoms with Crippen LogP contribution in [0.3, 0.4) is 0 Å². The molecule has 3 rings (SSSR count). The predicted molar refractivity (Wildman–Crippen MR) is 75.5 cm³/mol. The number of nitrogens with zero attached hydrogens (tertiary/aromatic N) is 1. The molecule has 2 fully saturated rings. The highest BCUT2D eigenvalue weighted by Crippen LogP contribution is 2.39. The number of hydrogen-bond acceptors (Lipinski definition) is 2. The van der Waals surface area contributed by atoms with Crippen LogP contribution in [-0.4, -0.2) is 25.8 Å². The highest BCUT2D eigenvalue weighted by molar-refractivity contribution is 7.89. The largest absolute Gasteiger partial charge is 0.243 e. The normalized spacial score (nSPS) is 27.7. The summed E-state index contributed by atoms with van der Waals surface area (Å²) in [5.41, 5.74) is 2.18. The first-order valence-electron chi connectivity index (χ1n) is 7.06. The Balaban J connectivity index is 1.88. The summed E-state index contributed by atoms with van der Waals surface area (Å²) in [6.45, 7) is 5.42. The van der Waals surface area contributed by atoms with Gasteiger partial charge in [-0.15, -0.1) is 0 Å². The van der Waals surface area contributed by atoms with Gasteiger partial charge >= 0.3 is 0 Å². The van der Waals surface area contributed by atoms with E-state index in [1.807, 2.05) is 19.9 Å². The first-order chi connectivity index (χ1) is 8.98. The third-order valence-electron chi connectivity index (χ3n) is 4.81. The fraction of sp³-hybridized carbons (Fsp3) is 0.600. The third kappa shape index (κ3) is 2.21. The molecule has 1 saturated heterocycles. The molecule has 2 aliphatic rings. The van der Waals surface area contributed by atoms with E-state index in [4.69, 9.17) is 0 Å². The summed E-state index contributed by atoms with van der Waals surface area (Å²) in [7, 11) is -3.29. The van der Waals surface area contributed by atoms with Gasteiger partial charge in [0.25, 0.3) is 0 Å². The molecular formula is C15H21NO2S. The number of benzene rings is 1. The van der Waals surface area contributed by atoms with Crippen LogP contribution < -0.4 is 0 Å². The molecule has 0 radical (unpaired) electrons. The molecule has 1 aromatic rings. The van der Waals surface area contributed by atoms with E-state index in [1.165, 1.54) is 19.3 Å². The molecule has 3 nitrogen and oxygen atoms in total. The lowest BCUT2D eigenvalue weighted by molar-refractivity contribution is 0.445. The molecule has 2 unspecified atom stereocenters. The molecule has 1 saturated carbocycles. The van der Waals surface area contributed by atoms with Crippen molar-refractivity contribution >= 4 is 10.0 Å². The van der Waals surface area contributed by atoms with Crippen molar-refractivity contribution in [2.45, 2.75) is 38.0 Å². The van der Waals surface area contributed by atoms with Gasteiger partial charge in [-0.2, -0.15) is 4.31 Å². The summed E-state index contributed by atoms with van der Waals surface area (Å²) in [4.78, 5) is 0.454. The maximum absolute atomic E-state index is 12.7. The van der Waals surface area contributed by atoms with Gasteiger partial charge in [0.2, 0.25) is 10.0 Å². The van der Waals surface area contributed by atoms with Crippen LogP contribution in [0.2, 0.25) is 0 Å². The minimum absolute atomic E-state index is 0.454. The lowest BCUT2D eigenvalue weighted by atomic mass is 10.0. The van der Waals surface area contributed by atoms with Gasteiger partial charge in [-0.05, 0) is 61.8 Å². The van der Waals surface area contributed by atoms with Crippen LogP contribution in [0.4, 0.5) is 0 Å². The van der Waals surface area contributed by atoms with Gasteiger partial charge in [-0.3, -0.25) is 0 Å². The number of sulfonamides is 1. The van der Waals surface area contributed by atoms with E-state index < -0.39 is 10.0 Å². The zero-order valence-corrected chi connectivity index (χ0v) is 12.4. The average molecular weight is 279 g/mol. The smallest absolute Gasteiger partial charge is 0.207 e. The first-order valence-corrected chi connectivity index (χ1v) is 8.50. The van der Waals surface area contributed by atoms with Crippen LogP contribution in [0.15, 0.2) is 23.1 Å². The van der Waals surface area contributed by atoms with Crippen molar-refractivity contribution in [3.8, 4) is 0 Å². The van der Waals surface area contributed by atoms with Gasteiger partial charge in [0.15, 0.2) is 0 Å². The van der Waals surface area contributed by atoms with Crippen molar-refractivity contribution in [3.63, 3.8) is 0 Å². The molecule has 1 aliphatic heterocycles. The molecule has 1 heterocycles. The summed E-state index contributed by atoms with van der Waals surface area (Å²) in [5, 5.41) is 0. The van der Waals surface area contributed by atoms with Crippen molar-refractivity contribution in [1.29, 1.82) is 0 Å². The monoisotopic (exact) mass is 279 g/mol. The van der Waals surface area contributed by atoms with Gasteiger partial charge in [0.05, 0.1) is 4.90 Å². The molecule has 0 spiro atoms. The number of fused-ring (bicyclic) bond motifs is 1. The molecule has 104 valence electrons. The van der Waals surface area contributed by atoms with Gasteiger partial charge in [-0.1, -0.05) is 12.5 Å². The van der Waals surface area contributed by atoms with Crippen molar-refractivity contribution < 1.29 is 8.42 Å². The predicted octanol–water partition coefficient (Wildman–Crippen LogP) is 2.72. The molecule has 1 aliphatic carbocycles. The fourth-order valence-corrected chi connectivity index (χ4v) is 5.05. The molecule has 0 aromatic heterocycles. The summed E-state index contributed by atoms with van der Waals surface area (Å²) >= 11 is 0. The quantitative estimate of drug-likeness (QED) is 0.834. The Bertz CT molecular complexity index is 582. The van der Waals surface area contributed by atoms with Crippen molar-refractivity contribution in [3.05, 3.63) is 29.3 Å². The maximum atomic E-state index is 12.7. The lowest BCUT2D eigenvalue weighted by Gasteiger charge is -2.18.